The standard InChI is InChI=1S/C20H32F3N5O.HI/c1-24-19(26-9-5-15-29-2)25-8-4-10-27-11-13-28(14-12-27)18-7-3-6-17(16-18)20(21,22)23;/h3,6-7,16H,4-5,8-15H2,1-2H3,(H2,24,25,26);1H. The Labute approximate surface area is 194 Å². The molecule has 0 atom stereocenters. The molecule has 10 heteroatoms. The van der Waals surface area contributed by atoms with Gasteiger partial charge in [0.05, 0.1) is 5.56 Å². The molecule has 1 aromatic rings. The molecule has 6 nitrogen and oxygen atoms in total. The zero-order valence-corrected chi connectivity index (χ0v) is 20.0. The van der Waals surface area contributed by atoms with Gasteiger partial charge in [-0.25, -0.2) is 0 Å². The van der Waals surface area contributed by atoms with Gasteiger partial charge in [0, 0.05) is 65.7 Å². The second-order valence-corrected chi connectivity index (χ2v) is 7.00. The van der Waals surface area contributed by atoms with Crippen LogP contribution in [0.3, 0.4) is 0 Å². The molecule has 0 spiro atoms. The summed E-state index contributed by atoms with van der Waals surface area (Å²) in [5, 5.41) is 6.54. The monoisotopic (exact) mass is 543 g/mol. The van der Waals surface area contributed by atoms with Crippen LogP contribution in [0.5, 0.6) is 0 Å². The molecule has 1 aliphatic rings. The summed E-state index contributed by atoms with van der Waals surface area (Å²) < 4.78 is 43.7. The average Bonchev–Trinajstić information content (AvgIpc) is 2.72. The van der Waals surface area contributed by atoms with E-state index in [9.17, 15) is 13.2 Å². The highest BCUT2D eigenvalue weighted by Gasteiger charge is 2.31. The van der Waals surface area contributed by atoms with Crippen molar-refractivity contribution < 1.29 is 17.9 Å². The molecule has 1 saturated heterocycles. The van der Waals surface area contributed by atoms with E-state index in [-0.39, 0.29) is 24.0 Å². The second kappa shape index (κ2) is 13.9. The Balaban J connectivity index is 0.00000450. The van der Waals surface area contributed by atoms with Crippen LogP contribution >= 0.6 is 24.0 Å². The van der Waals surface area contributed by atoms with Crippen LogP contribution in [0.1, 0.15) is 18.4 Å². The first kappa shape index (κ1) is 26.8. The van der Waals surface area contributed by atoms with Gasteiger partial charge in [0.2, 0.25) is 0 Å². The Bertz CT molecular complexity index is 637. The van der Waals surface area contributed by atoms with E-state index in [1.54, 1.807) is 20.2 Å². The van der Waals surface area contributed by atoms with E-state index in [0.717, 1.165) is 77.3 Å². The lowest BCUT2D eigenvalue weighted by atomic mass is 10.1. The van der Waals surface area contributed by atoms with Crippen LogP contribution in [-0.4, -0.2) is 77.4 Å². The zero-order chi connectivity index (χ0) is 21.1. The van der Waals surface area contributed by atoms with Gasteiger partial charge in [-0.1, -0.05) is 6.07 Å². The highest BCUT2D eigenvalue weighted by atomic mass is 127. The third-order valence-corrected chi connectivity index (χ3v) is 4.90. The van der Waals surface area contributed by atoms with E-state index in [2.05, 4.69) is 20.5 Å². The van der Waals surface area contributed by atoms with Crippen molar-refractivity contribution in [1.82, 2.24) is 15.5 Å². The molecular weight excluding hydrogens is 510 g/mol. The van der Waals surface area contributed by atoms with Gasteiger partial charge in [-0.15, -0.1) is 24.0 Å². The number of hydrogen-bond donors (Lipinski definition) is 2. The summed E-state index contributed by atoms with van der Waals surface area (Å²) >= 11 is 0. The molecule has 30 heavy (non-hydrogen) atoms. The van der Waals surface area contributed by atoms with Crippen molar-refractivity contribution in [2.24, 2.45) is 4.99 Å². The summed E-state index contributed by atoms with van der Waals surface area (Å²) in [4.78, 5) is 8.56. The number of piperazine rings is 1. The summed E-state index contributed by atoms with van der Waals surface area (Å²) in [5.74, 6) is 0.787. The quantitative estimate of drug-likeness (QED) is 0.217. The molecule has 2 N–H and O–H groups in total. The van der Waals surface area contributed by atoms with E-state index >= 15 is 0 Å². The van der Waals surface area contributed by atoms with Gasteiger partial charge in [0.1, 0.15) is 0 Å². The first-order chi connectivity index (χ1) is 13.9. The number of nitrogens with one attached hydrogen (secondary N) is 2. The fourth-order valence-electron chi connectivity index (χ4n) is 3.26. The van der Waals surface area contributed by atoms with Gasteiger partial charge >= 0.3 is 6.18 Å². The van der Waals surface area contributed by atoms with Gasteiger partial charge < -0.3 is 20.3 Å². The minimum Gasteiger partial charge on any atom is -0.385 e. The first-order valence-corrected chi connectivity index (χ1v) is 10.0. The van der Waals surface area contributed by atoms with Crippen LogP contribution in [-0.2, 0) is 10.9 Å². The van der Waals surface area contributed by atoms with Gasteiger partial charge in [-0.2, -0.15) is 13.2 Å². The van der Waals surface area contributed by atoms with Crippen LogP contribution in [0.15, 0.2) is 29.3 Å². The number of nitrogens with zero attached hydrogens (tertiary/aromatic N) is 3. The first-order valence-electron chi connectivity index (χ1n) is 10.0. The summed E-state index contributed by atoms with van der Waals surface area (Å²) in [6.45, 7) is 6.46. The van der Waals surface area contributed by atoms with Gasteiger partial charge in [0.15, 0.2) is 5.96 Å². The van der Waals surface area contributed by atoms with E-state index in [1.165, 1.54) is 12.1 Å². The second-order valence-electron chi connectivity index (χ2n) is 7.00. The van der Waals surface area contributed by atoms with Crippen molar-refractivity contribution in [2.75, 3.05) is 71.5 Å². The molecule has 0 saturated carbocycles. The van der Waals surface area contributed by atoms with Crippen molar-refractivity contribution in [3.8, 4) is 0 Å². The lowest BCUT2D eigenvalue weighted by Gasteiger charge is -2.36. The molecule has 172 valence electrons. The van der Waals surface area contributed by atoms with Crippen LogP contribution in [0.25, 0.3) is 0 Å². The number of halogens is 4. The topological polar surface area (TPSA) is 52.1 Å². The normalized spacial score (nSPS) is 15.6. The highest BCUT2D eigenvalue weighted by Crippen LogP contribution is 2.31. The SMILES string of the molecule is CN=C(NCCCOC)NCCCN1CCN(c2cccc(C(F)(F)F)c2)CC1.I. The van der Waals surface area contributed by atoms with Gasteiger partial charge in [-0.3, -0.25) is 9.89 Å². The summed E-state index contributed by atoms with van der Waals surface area (Å²) in [6, 6.07) is 5.59. The minimum absolute atomic E-state index is 0. The molecular formula is C20H33F3IN5O. The summed E-state index contributed by atoms with van der Waals surface area (Å²) in [5.41, 5.74) is 0.0530. The minimum atomic E-state index is -4.30. The number of hydrogen-bond acceptors (Lipinski definition) is 4. The number of benzene rings is 1. The molecule has 1 aromatic carbocycles. The Morgan fingerprint density at radius 2 is 1.77 bits per heavy atom. The number of ether oxygens (including phenoxy) is 1. The molecule has 2 rings (SSSR count). The van der Waals surface area contributed by atoms with Crippen LogP contribution in [0.4, 0.5) is 18.9 Å². The lowest BCUT2D eigenvalue weighted by Crippen LogP contribution is -2.47. The molecule has 1 fully saturated rings. The highest BCUT2D eigenvalue weighted by molar-refractivity contribution is 14.0. The predicted octanol–water partition coefficient (Wildman–Crippen LogP) is 3.04. The van der Waals surface area contributed by atoms with Crippen molar-refractivity contribution in [3.63, 3.8) is 0 Å². The maximum absolute atomic E-state index is 12.9. The Morgan fingerprint density at radius 3 is 2.37 bits per heavy atom. The summed E-state index contributed by atoms with van der Waals surface area (Å²) in [6.07, 6.45) is -2.40. The molecule has 0 aliphatic carbocycles. The largest absolute Gasteiger partial charge is 0.416 e. The third kappa shape index (κ3) is 9.25. The van der Waals surface area contributed by atoms with Crippen molar-refractivity contribution >= 4 is 35.6 Å². The number of rotatable bonds is 9. The smallest absolute Gasteiger partial charge is 0.385 e. The van der Waals surface area contributed by atoms with Gasteiger partial charge in [-0.05, 0) is 37.6 Å². The molecule has 1 heterocycles. The zero-order valence-electron chi connectivity index (χ0n) is 17.7. The van der Waals surface area contributed by atoms with Crippen LogP contribution in [0, 0.1) is 0 Å². The number of alkyl halides is 3. The van der Waals surface area contributed by atoms with E-state index in [4.69, 9.17) is 4.74 Å². The molecule has 0 amide bonds. The predicted molar refractivity (Wildman–Crippen MR) is 126 cm³/mol. The third-order valence-electron chi connectivity index (χ3n) is 4.90. The maximum atomic E-state index is 12.9. The van der Waals surface area contributed by atoms with Crippen molar-refractivity contribution in [1.29, 1.82) is 0 Å². The van der Waals surface area contributed by atoms with E-state index in [1.807, 2.05) is 4.90 Å². The Morgan fingerprint density at radius 1 is 1.10 bits per heavy atom. The number of guanidine groups is 1. The lowest BCUT2D eigenvalue weighted by molar-refractivity contribution is -0.137. The van der Waals surface area contributed by atoms with Gasteiger partial charge in [0.25, 0.3) is 0 Å². The van der Waals surface area contributed by atoms with Crippen molar-refractivity contribution in [2.45, 2.75) is 19.0 Å². The molecule has 0 unspecified atom stereocenters. The van der Waals surface area contributed by atoms with E-state index in [0.29, 0.717) is 5.69 Å². The van der Waals surface area contributed by atoms with Crippen LogP contribution in [0.2, 0.25) is 0 Å². The average molecular weight is 543 g/mol. The van der Waals surface area contributed by atoms with E-state index < -0.39 is 11.7 Å². The Kier molecular flexibility index (Phi) is 12.4. The molecule has 1 aliphatic heterocycles. The fraction of sp³-hybridized carbons (Fsp3) is 0.650. The molecule has 0 radical (unpaired) electrons. The number of methoxy groups -OCH3 is 1. The molecule has 0 aromatic heterocycles. The molecule has 0 bridgehead atoms. The Hall–Kier alpha value is -1.27. The van der Waals surface area contributed by atoms with Crippen molar-refractivity contribution in [3.05, 3.63) is 29.8 Å². The summed E-state index contributed by atoms with van der Waals surface area (Å²) in [7, 11) is 3.44. The fourth-order valence-corrected chi connectivity index (χ4v) is 3.26. The maximum Gasteiger partial charge on any atom is 0.416 e. The van der Waals surface area contributed by atoms with Crippen LogP contribution < -0.4 is 15.5 Å². The number of anilines is 1. The number of aliphatic imine (C=N–C) groups is 1.